The normalized spacial score (nSPS) is 12.1. The van der Waals surface area contributed by atoms with E-state index in [0.29, 0.717) is 11.5 Å². The largest absolute Gasteiger partial charge is 0.510 e. The molecule has 8 aromatic carbocycles. The molecule has 13 aromatic rings. The first-order valence-electron chi connectivity index (χ1n) is 22.4. The number of aryl methyl sites for hydroxylation is 1. The van der Waals surface area contributed by atoms with Gasteiger partial charge in [-0.25, -0.2) is 4.98 Å². The smallest absolute Gasteiger partial charge is 0.268 e. The van der Waals surface area contributed by atoms with Crippen molar-refractivity contribution < 1.29 is 30.4 Å². The number of imidazole rings is 1. The van der Waals surface area contributed by atoms with Crippen LogP contribution in [0.25, 0.3) is 99.3 Å². The maximum absolute atomic E-state index is 6.82. The van der Waals surface area contributed by atoms with Crippen molar-refractivity contribution in [2.75, 3.05) is 0 Å². The second-order valence-electron chi connectivity index (χ2n) is 18.1. The maximum Gasteiger partial charge on any atom is 0.268 e. The molecule has 5 heterocycles. The minimum Gasteiger partial charge on any atom is -0.510 e. The molecule has 0 amide bonds. The van der Waals surface area contributed by atoms with E-state index in [1.165, 1.54) is 32.6 Å². The molecule has 13 rings (SSSR count). The van der Waals surface area contributed by atoms with Crippen LogP contribution in [0.1, 0.15) is 26.3 Å². The average molecular weight is 1050 g/mol. The number of hydrogen-bond donors (Lipinski definition) is 0. The molecule has 0 spiro atoms. The van der Waals surface area contributed by atoms with Crippen LogP contribution < -0.4 is 9.30 Å². The van der Waals surface area contributed by atoms with Crippen LogP contribution in [0.3, 0.4) is 0 Å². The molecule has 0 radical (unpaired) electrons. The molecule has 67 heavy (non-hydrogen) atoms. The van der Waals surface area contributed by atoms with Crippen molar-refractivity contribution in [2.45, 2.75) is 26.2 Å². The first-order chi connectivity index (χ1) is 32.3. The van der Waals surface area contributed by atoms with Gasteiger partial charge in [0.2, 0.25) is 0 Å². The van der Waals surface area contributed by atoms with Gasteiger partial charge in [-0.1, -0.05) is 129 Å². The third-order valence-corrected chi connectivity index (χ3v) is 13.2. The van der Waals surface area contributed by atoms with Crippen molar-refractivity contribution in [3.05, 3.63) is 206 Å². The molecule has 0 fully saturated rings. The van der Waals surface area contributed by atoms with Gasteiger partial charge in [0.15, 0.2) is 0 Å². The Hall–Kier alpha value is -7.73. The average Bonchev–Trinajstić information content (AvgIpc) is 4.09. The van der Waals surface area contributed by atoms with Gasteiger partial charge in [0.25, 0.3) is 6.33 Å². The van der Waals surface area contributed by atoms with E-state index in [0.717, 1.165) is 72.3 Å². The molecule has 8 heteroatoms. The number of ether oxygens (including phenoxy) is 1. The van der Waals surface area contributed by atoms with E-state index in [1.54, 1.807) is 0 Å². The third kappa shape index (κ3) is 6.22. The van der Waals surface area contributed by atoms with E-state index in [-0.39, 0.29) is 26.5 Å². The number of aromatic nitrogens is 6. The summed E-state index contributed by atoms with van der Waals surface area (Å²) in [6.07, 6.45) is 5.53. The molecular weight excluding hydrogens is 1000 g/mol. The summed E-state index contributed by atoms with van der Waals surface area (Å²) in [6, 6.07) is 69.0. The molecule has 0 unspecified atom stereocenters. The van der Waals surface area contributed by atoms with Crippen LogP contribution in [0.4, 0.5) is 0 Å². The van der Waals surface area contributed by atoms with Gasteiger partial charge < -0.3 is 23.0 Å². The Morgan fingerprint density at radius 3 is 1.93 bits per heavy atom. The molecule has 0 saturated carbocycles. The summed E-state index contributed by atoms with van der Waals surface area (Å²) in [6.45, 7) is 6.75. The van der Waals surface area contributed by atoms with Crippen molar-refractivity contribution in [3.63, 3.8) is 0 Å². The molecule has 0 bridgehead atoms. The Morgan fingerprint density at radius 1 is 0.537 bits per heavy atom. The number of hydrogen-bond acceptors (Lipinski definition) is 2. The van der Waals surface area contributed by atoms with Crippen molar-refractivity contribution >= 4 is 76.5 Å². The molecule has 0 aliphatic heterocycles. The third-order valence-electron chi connectivity index (χ3n) is 13.2. The van der Waals surface area contributed by atoms with Gasteiger partial charge in [-0.3, -0.25) is 4.57 Å². The number of pyridine rings is 1. The zero-order valence-electron chi connectivity index (χ0n) is 37.2. The Balaban J connectivity index is 0.00000468. The Labute approximate surface area is 401 Å². The van der Waals surface area contributed by atoms with Crippen LogP contribution in [0, 0.1) is 18.5 Å². The zero-order valence-corrected chi connectivity index (χ0v) is 39.5. The van der Waals surface area contributed by atoms with E-state index in [2.05, 4.69) is 198 Å². The van der Waals surface area contributed by atoms with Gasteiger partial charge in [-0.15, -0.1) is 24.3 Å². The van der Waals surface area contributed by atoms with Gasteiger partial charge >= 0.3 is 0 Å². The predicted molar refractivity (Wildman–Crippen MR) is 267 cm³/mol. The van der Waals surface area contributed by atoms with E-state index in [9.17, 15) is 0 Å². The van der Waals surface area contributed by atoms with Gasteiger partial charge in [0.1, 0.15) is 5.82 Å². The number of nitrogens with zero attached hydrogens (tertiary/aromatic N) is 6. The van der Waals surface area contributed by atoms with E-state index in [4.69, 9.17) is 9.72 Å². The SMILES string of the molecule is Cn1c2ccccc2c2c3c4ccccc4n(-c4ccccc4)c3c3c(c4ccc(Oc5[c-]c(-[n+]6[c-]n(-c7ccccc7)c7ccccc76)ccc5)[c-]c4n3-c3cc(C(C)(C)C)ccn3)c21.[Pt]. The van der Waals surface area contributed by atoms with Gasteiger partial charge in [0.05, 0.1) is 33.3 Å². The summed E-state index contributed by atoms with van der Waals surface area (Å²) in [4.78, 5) is 5.18. The zero-order chi connectivity index (χ0) is 44.3. The number of para-hydroxylation sites is 6. The minimum atomic E-state index is -0.116. The van der Waals surface area contributed by atoms with Crippen LogP contribution >= 0.6 is 0 Å². The van der Waals surface area contributed by atoms with Gasteiger partial charge in [0, 0.05) is 84.1 Å². The summed E-state index contributed by atoms with van der Waals surface area (Å²) in [7, 11) is 2.20. The minimum absolute atomic E-state index is 0. The van der Waals surface area contributed by atoms with Crippen LogP contribution in [-0.4, -0.2) is 23.3 Å². The monoisotopic (exact) mass is 1050 g/mol. The molecule has 5 aromatic heterocycles. The molecule has 0 N–H and O–H groups in total. The summed E-state index contributed by atoms with van der Waals surface area (Å²) < 4.78 is 18.1. The fourth-order valence-electron chi connectivity index (χ4n) is 10.2. The summed E-state index contributed by atoms with van der Waals surface area (Å²) in [5, 5.41) is 7.03. The second kappa shape index (κ2) is 15.4. The van der Waals surface area contributed by atoms with E-state index >= 15 is 0 Å². The maximum atomic E-state index is 6.82. The topological polar surface area (TPSA) is 45.7 Å². The molecule has 7 nitrogen and oxygen atoms in total. The molecular formula is C59H42N6OPt-2. The fourth-order valence-corrected chi connectivity index (χ4v) is 10.2. The predicted octanol–water partition coefficient (Wildman–Crippen LogP) is 13.6. The Kier molecular flexibility index (Phi) is 9.39. The quantitative estimate of drug-likeness (QED) is 0.123. The van der Waals surface area contributed by atoms with Gasteiger partial charge in [-0.05, 0) is 70.6 Å². The molecule has 326 valence electrons. The first kappa shape index (κ1) is 40.8. The second-order valence-corrected chi connectivity index (χ2v) is 18.1. The van der Waals surface area contributed by atoms with Crippen LogP contribution in [0.2, 0.25) is 0 Å². The Morgan fingerprint density at radius 2 is 1.16 bits per heavy atom. The molecule has 0 aliphatic carbocycles. The number of fused-ring (bicyclic) bond motifs is 13. The van der Waals surface area contributed by atoms with E-state index in [1.807, 2.05) is 53.2 Å². The van der Waals surface area contributed by atoms with E-state index < -0.39 is 0 Å². The molecule has 0 aliphatic rings. The number of benzene rings is 8. The van der Waals surface area contributed by atoms with Crippen LogP contribution in [0.5, 0.6) is 11.5 Å². The molecule has 0 saturated heterocycles. The first-order valence-corrected chi connectivity index (χ1v) is 22.4. The summed E-state index contributed by atoms with van der Waals surface area (Å²) >= 11 is 0. The Bertz CT molecular complexity index is 4080. The molecule has 0 atom stereocenters. The standard InChI is InChI=1S/C59H42N6O.Pt/c1-59(2,3)38-32-33-60-52(34-38)65-51-36-43(66-42-23-17-22-41(35-42)63-37-62(39-18-7-5-8-19-39)49-28-15-16-29-50(49)63)30-31-46(51)55-56-53(44-24-11-13-26-47(44)61(56)4)54-45-25-12-14-27-48(45)64(57(54)58(55)65)40-20-9-6-10-21-40;/h5-34H,1-4H3;/q-2;. The summed E-state index contributed by atoms with van der Waals surface area (Å²) in [5.74, 6) is 1.95. The fraction of sp³-hybridized carbons (Fsp3) is 0.0847. The van der Waals surface area contributed by atoms with Crippen molar-refractivity contribution in [2.24, 2.45) is 7.05 Å². The van der Waals surface area contributed by atoms with Crippen LogP contribution in [-0.2, 0) is 33.5 Å². The van der Waals surface area contributed by atoms with Crippen molar-refractivity contribution in [1.29, 1.82) is 0 Å². The van der Waals surface area contributed by atoms with Crippen molar-refractivity contribution in [3.8, 4) is 34.4 Å². The van der Waals surface area contributed by atoms with Crippen molar-refractivity contribution in [1.82, 2.24) is 23.3 Å². The number of rotatable bonds is 6. The van der Waals surface area contributed by atoms with Gasteiger partial charge in [-0.2, -0.15) is 18.2 Å². The van der Waals surface area contributed by atoms with Crippen LogP contribution in [0.15, 0.2) is 182 Å². The summed E-state index contributed by atoms with van der Waals surface area (Å²) in [5.41, 5.74) is 12.6.